The van der Waals surface area contributed by atoms with Gasteiger partial charge in [-0.1, -0.05) is 0 Å². The summed E-state index contributed by atoms with van der Waals surface area (Å²) in [5.41, 5.74) is 0.910. The molecule has 0 spiro atoms. The highest BCUT2D eigenvalue weighted by molar-refractivity contribution is 5.81. The zero-order valence-corrected chi connectivity index (χ0v) is 11.1. The molecule has 1 heterocycles. The third kappa shape index (κ3) is 2.48. The fourth-order valence-corrected chi connectivity index (χ4v) is 1.96. The standard InChI is InChI=1S/C15H18N2O/c1-15(2,11-16)7-9-17-8-6-12-10-13(18-3)4-5-14(12)17/h4-6,8,10H,7,9H2,1-3H3. The van der Waals surface area contributed by atoms with Crippen LogP contribution >= 0.6 is 0 Å². The van der Waals surface area contributed by atoms with E-state index in [-0.39, 0.29) is 5.41 Å². The second kappa shape index (κ2) is 4.73. The first kappa shape index (κ1) is 12.5. The summed E-state index contributed by atoms with van der Waals surface area (Å²) in [5.74, 6) is 0.873. The van der Waals surface area contributed by atoms with Gasteiger partial charge in [0.15, 0.2) is 0 Å². The predicted molar refractivity (Wildman–Crippen MR) is 72.5 cm³/mol. The maximum absolute atomic E-state index is 9.03. The van der Waals surface area contributed by atoms with Gasteiger partial charge in [0.2, 0.25) is 0 Å². The van der Waals surface area contributed by atoms with Crippen molar-refractivity contribution in [2.75, 3.05) is 7.11 Å². The van der Waals surface area contributed by atoms with E-state index >= 15 is 0 Å². The maximum atomic E-state index is 9.03. The molecule has 0 atom stereocenters. The van der Waals surface area contributed by atoms with Gasteiger partial charge in [-0.3, -0.25) is 0 Å². The smallest absolute Gasteiger partial charge is 0.119 e. The van der Waals surface area contributed by atoms with Gasteiger partial charge in [0, 0.05) is 23.6 Å². The average Bonchev–Trinajstić information content (AvgIpc) is 2.78. The molecule has 0 bridgehead atoms. The van der Waals surface area contributed by atoms with Crippen molar-refractivity contribution in [1.29, 1.82) is 5.26 Å². The first-order valence-electron chi connectivity index (χ1n) is 6.10. The molecule has 1 aromatic heterocycles. The van der Waals surface area contributed by atoms with Crippen LogP contribution < -0.4 is 4.74 Å². The van der Waals surface area contributed by atoms with Crippen molar-refractivity contribution in [1.82, 2.24) is 4.57 Å². The van der Waals surface area contributed by atoms with Crippen molar-refractivity contribution in [3.05, 3.63) is 30.5 Å². The molecule has 0 aliphatic carbocycles. The molecular formula is C15H18N2O. The lowest BCUT2D eigenvalue weighted by molar-refractivity contribution is 0.414. The van der Waals surface area contributed by atoms with E-state index in [1.165, 1.54) is 10.9 Å². The summed E-state index contributed by atoms with van der Waals surface area (Å²) in [6.45, 7) is 4.81. The molecule has 18 heavy (non-hydrogen) atoms. The van der Waals surface area contributed by atoms with E-state index in [0.717, 1.165) is 18.7 Å². The van der Waals surface area contributed by atoms with Crippen LogP contribution in [0.4, 0.5) is 0 Å². The molecule has 0 saturated heterocycles. The Kier molecular flexibility index (Phi) is 3.29. The van der Waals surface area contributed by atoms with Crippen molar-refractivity contribution in [3.8, 4) is 11.8 Å². The Morgan fingerprint density at radius 2 is 2.11 bits per heavy atom. The lowest BCUT2D eigenvalue weighted by atomic mass is 9.91. The van der Waals surface area contributed by atoms with Crippen LogP contribution in [0.1, 0.15) is 20.3 Å². The molecule has 2 aromatic rings. The molecular weight excluding hydrogens is 224 g/mol. The number of benzene rings is 1. The van der Waals surface area contributed by atoms with Crippen LogP contribution in [0, 0.1) is 16.7 Å². The number of ether oxygens (including phenoxy) is 1. The Labute approximate surface area is 108 Å². The van der Waals surface area contributed by atoms with Gasteiger partial charge in [0.05, 0.1) is 18.6 Å². The number of aromatic nitrogens is 1. The van der Waals surface area contributed by atoms with Crippen LogP contribution in [0.2, 0.25) is 0 Å². The third-order valence-electron chi connectivity index (χ3n) is 3.26. The van der Waals surface area contributed by atoms with E-state index in [1.54, 1.807) is 7.11 Å². The molecule has 2 rings (SSSR count). The fraction of sp³-hybridized carbons (Fsp3) is 0.400. The molecule has 0 aliphatic heterocycles. The number of methoxy groups -OCH3 is 1. The molecule has 0 unspecified atom stereocenters. The van der Waals surface area contributed by atoms with E-state index in [4.69, 9.17) is 10.00 Å². The van der Waals surface area contributed by atoms with Crippen LogP contribution in [0.3, 0.4) is 0 Å². The van der Waals surface area contributed by atoms with Gasteiger partial charge >= 0.3 is 0 Å². The summed E-state index contributed by atoms with van der Waals surface area (Å²) >= 11 is 0. The molecule has 0 fully saturated rings. The third-order valence-corrected chi connectivity index (χ3v) is 3.26. The van der Waals surface area contributed by atoms with Crippen molar-refractivity contribution < 1.29 is 4.74 Å². The Bertz CT molecular complexity index is 590. The van der Waals surface area contributed by atoms with E-state index in [1.807, 2.05) is 26.0 Å². The SMILES string of the molecule is COc1ccc2c(ccn2CCC(C)(C)C#N)c1. The van der Waals surface area contributed by atoms with Gasteiger partial charge < -0.3 is 9.30 Å². The van der Waals surface area contributed by atoms with Gasteiger partial charge in [0.25, 0.3) is 0 Å². The maximum Gasteiger partial charge on any atom is 0.119 e. The zero-order chi connectivity index (χ0) is 13.2. The van der Waals surface area contributed by atoms with Gasteiger partial charge in [-0.05, 0) is 44.5 Å². The number of nitrogens with zero attached hydrogens (tertiary/aromatic N) is 2. The second-order valence-electron chi connectivity index (χ2n) is 5.18. The van der Waals surface area contributed by atoms with Crippen LogP contribution in [0.25, 0.3) is 10.9 Å². The van der Waals surface area contributed by atoms with E-state index in [2.05, 4.69) is 29.0 Å². The van der Waals surface area contributed by atoms with Crippen LogP contribution in [-0.4, -0.2) is 11.7 Å². The molecule has 3 nitrogen and oxygen atoms in total. The van der Waals surface area contributed by atoms with Crippen molar-refractivity contribution in [2.24, 2.45) is 5.41 Å². The summed E-state index contributed by atoms with van der Waals surface area (Å²) in [6, 6.07) is 10.5. The molecule has 0 N–H and O–H groups in total. The minimum Gasteiger partial charge on any atom is -0.497 e. The number of hydrogen-bond donors (Lipinski definition) is 0. The predicted octanol–water partition coefficient (Wildman–Crippen LogP) is 3.59. The van der Waals surface area contributed by atoms with Crippen molar-refractivity contribution >= 4 is 10.9 Å². The zero-order valence-electron chi connectivity index (χ0n) is 11.1. The van der Waals surface area contributed by atoms with Crippen LogP contribution in [0.5, 0.6) is 5.75 Å². The lowest BCUT2D eigenvalue weighted by Gasteiger charge is -2.15. The Balaban J connectivity index is 2.23. The Hall–Kier alpha value is -1.95. The highest BCUT2D eigenvalue weighted by Crippen LogP contribution is 2.24. The monoisotopic (exact) mass is 242 g/mol. The number of hydrogen-bond acceptors (Lipinski definition) is 2. The fourth-order valence-electron chi connectivity index (χ4n) is 1.96. The molecule has 0 radical (unpaired) electrons. The lowest BCUT2D eigenvalue weighted by Crippen LogP contribution is -2.11. The summed E-state index contributed by atoms with van der Waals surface area (Å²) in [7, 11) is 1.67. The quantitative estimate of drug-likeness (QED) is 0.821. The van der Waals surface area contributed by atoms with Gasteiger partial charge in [-0.15, -0.1) is 0 Å². The summed E-state index contributed by atoms with van der Waals surface area (Å²) in [4.78, 5) is 0. The van der Waals surface area contributed by atoms with Crippen molar-refractivity contribution in [2.45, 2.75) is 26.8 Å². The molecule has 0 saturated carbocycles. The molecule has 3 heteroatoms. The second-order valence-corrected chi connectivity index (χ2v) is 5.18. The Morgan fingerprint density at radius 1 is 1.33 bits per heavy atom. The largest absolute Gasteiger partial charge is 0.497 e. The minimum atomic E-state index is -0.275. The number of fused-ring (bicyclic) bond motifs is 1. The molecule has 94 valence electrons. The van der Waals surface area contributed by atoms with Gasteiger partial charge in [-0.25, -0.2) is 0 Å². The summed E-state index contributed by atoms with van der Waals surface area (Å²) in [6.07, 6.45) is 2.91. The van der Waals surface area contributed by atoms with Crippen molar-refractivity contribution in [3.63, 3.8) is 0 Å². The first-order chi connectivity index (χ1) is 8.55. The highest BCUT2D eigenvalue weighted by atomic mass is 16.5. The van der Waals surface area contributed by atoms with E-state index in [9.17, 15) is 0 Å². The highest BCUT2D eigenvalue weighted by Gasteiger charge is 2.16. The first-order valence-corrected chi connectivity index (χ1v) is 6.10. The van der Waals surface area contributed by atoms with Crippen LogP contribution in [-0.2, 0) is 6.54 Å². The molecule has 0 aliphatic rings. The van der Waals surface area contributed by atoms with E-state index in [0.29, 0.717) is 0 Å². The summed E-state index contributed by atoms with van der Waals surface area (Å²) < 4.78 is 7.40. The molecule has 0 amide bonds. The number of nitriles is 1. The van der Waals surface area contributed by atoms with E-state index < -0.39 is 0 Å². The summed E-state index contributed by atoms with van der Waals surface area (Å²) in [5, 5.41) is 10.2. The van der Waals surface area contributed by atoms with Gasteiger partial charge in [-0.2, -0.15) is 5.26 Å². The normalized spacial score (nSPS) is 11.4. The van der Waals surface area contributed by atoms with Crippen LogP contribution in [0.15, 0.2) is 30.5 Å². The molecule has 1 aromatic carbocycles. The number of aryl methyl sites for hydroxylation is 1. The average molecular weight is 242 g/mol. The number of rotatable bonds is 4. The Morgan fingerprint density at radius 3 is 2.78 bits per heavy atom. The van der Waals surface area contributed by atoms with Gasteiger partial charge in [0.1, 0.15) is 5.75 Å². The minimum absolute atomic E-state index is 0.275. The topological polar surface area (TPSA) is 38.0 Å².